The van der Waals surface area contributed by atoms with E-state index >= 15 is 0 Å². The lowest BCUT2D eigenvalue weighted by Crippen LogP contribution is -2.18. The van der Waals surface area contributed by atoms with Crippen LogP contribution >= 0.6 is 27.5 Å². The lowest BCUT2D eigenvalue weighted by atomic mass is 10.2. The molecule has 0 bridgehead atoms. The first-order chi connectivity index (χ1) is 8.77. The summed E-state index contributed by atoms with van der Waals surface area (Å²) in [6, 6.07) is 5.91. The van der Waals surface area contributed by atoms with Crippen molar-refractivity contribution in [2.24, 2.45) is 0 Å². The highest BCUT2D eigenvalue weighted by Crippen LogP contribution is 2.22. The Hall–Kier alpha value is -0.550. The molecule has 1 N–H and O–H groups in total. The Kier molecular flexibility index (Phi) is 8.09. The maximum absolute atomic E-state index is 5.52. The highest BCUT2D eigenvalue weighted by molar-refractivity contribution is 9.10. The molecule has 0 radical (unpaired) electrons. The number of benzene rings is 1. The van der Waals surface area contributed by atoms with Crippen LogP contribution in [0.15, 0.2) is 34.3 Å². The van der Waals surface area contributed by atoms with Gasteiger partial charge in [0.15, 0.2) is 0 Å². The van der Waals surface area contributed by atoms with Crippen molar-refractivity contribution in [3.05, 3.63) is 39.8 Å². The topological polar surface area (TPSA) is 30.5 Å². The Morgan fingerprint density at radius 1 is 1.44 bits per heavy atom. The number of nitrogens with one attached hydrogen (secondary N) is 1. The van der Waals surface area contributed by atoms with Gasteiger partial charge < -0.3 is 14.8 Å². The largest absolute Gasteiger partial charge is 0.489 e. The standard InChI is InChI=1S/C13H17BrClNO2/c1-17-8-6-16-10-11-9-12(3-4-13(11)14)18-7-2-5-15/h2-5,9,16H,6-8,10H2,1H3/b5-2+. The summed E-state index contributed by atoms with van der Waals surface area (Å²) in [4.78, 5) is 0. The molecule has 100 valence electrons. The van der Waals surface area contributed by atoms with Crippen LogP contribution in [0.4, 0.5) is 0 Å². The molecule has 0 saturated heterocycles. The Balaban J connectivity index is 2.51. The molecule has 0 saturated carbocycles. The molecule has 3 nitrogen and oxygen atoms in total. The third-order valence-corrected chi connectivity index (χ3v) is 3.20. The minimum atomic E-state index is 0.474. The summed E-state index contributed by atoms with van der Waals surface area (Å²) in [5.41, 5.74) is 2.60. The maximum Gasteiger partial charge on any atom is 0.120 e. The van der Waals surface area contributed by atoms with Crippen molar-refractivity contribution in [3.8, 4) is 5.75 Å². The quantitative estimate of drug-likeness (QED) is 0.740. The van der Waals surface area contributed by atoms with Gasteiger partial charge in [0.05, 0.1) is 6.61 Å². The van der Waals surface area contributed by atoms with Crippen LogP contribution in [0, 0.1) is 0 Å². The van der Waals surface area contributed by atoms with E-state index in [0.717, 1.165) is 28.9 Å². The molecule has 0 aliphatic rings. The monoisotopic (exact) mass is 333 g/mol. The average molecular weight is 335 g/mol. The van der Waals surface area contributed by atoms with Gasteiger partial charge in [-0.2, -0.15) is 0 Å². The number of methoxy groups -OCH3 is 1. The van der Waals surface area contributed by atoms with Crippen LogP contribution in [0.25, 0.3) is 0 Å². The van der Waals surface area contributed by atoms with Gasteiger partial charge in [-0.05, 0) is 29.8 Å². The third-order valence-electron chi connectivity index (χ3n) is 2.25. The van der Waals surface area contributed by atoms with Gasteiger partial charge in [-0.15, -0.1) is 0 Å². The van der Waals surface area contributed by atoms with E-state index in [1.807, 2.05) is 18.2 Å². The Morgan fingerprint density at radius 3 is 3.00 bits per heavy atom. The van der Waals surface area contributed by atoms with Crippen molar-refractivity contribution in [2.75, 3.05) is 26.9 Å². The molecule has 0 spiro atoms. The molecule has 0 heterocycles. The zero-order chi connectivity index (χ0) is 13.2. The average Bonchev–Trinajstić information content (AvgIpc) is 2.38. The van der Waals surface area contributed by atoms with Gasteiger partial charge in [0.1, 0.15) is 12.4 Å². The van der Waals surface area contributed by atoms with Gasteiger partial charge in [-0.25, -0.2) is 0 Å². The van der Waals surface area contributed by atoms with E-state index in [9.17, 15) is 0 Å². The molecule has 0 aliphatic carbocycles. The molecule has 0 fully saturated rings. The predicted molar refractivity (Wildman–Crippen MR) is 78.2 cm³/mol. The van der Waals surface area contributed by atoms with E-state index in [1.54, 1.807) is 13.2 Å². The fourth-order valence-electron chi connectivity index (χ4n) is 1.35. The van der Waals surface area contributed by atoms with Gasteiger partial charge >= 0.3 is 0 Å². The number of rotatable bonds is 8. The molecule has 0 atom stereocenters. The summed E-state index contributed by atoms with van der Waals surface area (Å²) in [5, 5.41) is 3.29. The molecule has 1 aromatic carbocycles. The lowest BCUT2D eigenvalue weighted by molar-refractivity contribution is 0.199. The lowest BCUT2D eigenvalue weighted by Gasteiger charge is -2.09. The molecule has 1 aromatic rings. The smallest absolute Gasteiger partial charge is 0.120 e. The molecule has 0 aliphatic heterocycles. The van der Waals surface area contributed by atoms with Crippen LogP contribution in [0.5, 0.6) is 5.75 Å². The van der Waals surface area contributed by atoms with Crippen molar-refractivity contribution in [1.29, 1.82) is 0 Å². The highest BCUT2D eigenvalue weighted by Gasteiger charge is 2.02. The van der Waals surface area contributed by atoms with Gasteiger partial charge in [-0.1, -0.05) is 27.5 Å². The summed E-state index contributed by atoms with van der Waals surface area (Å²) < 4.78 is 11.6. The fourth-order valence-corrected chi connectivity index (χ4v) is 1.81. The maximum atomic E-state index is 5.52. The minimum Gasteiger partial charge on any atom is -0.489 e. The molecular formula is C13H17BrClNO2. The highest BCUT2D eigenvalue weighted by atomic mass is 79.9. The Morgan fingerprint density at radius 2 is 2.28 bits per heavy atom. The summed E-state index contributed by atoms with van der Waals surface area (Å²) >= 11 is 8.95. The minimum absolute atomic E-state index is 0.474. The normalized spacial score (nSPS) is 11.1. The molecule has 0 unspecified atom stereocenters. The van der Waals surface area contributed by atoms with Gasteiger partial charge in [0, 0.05) is 30.2 Å². The molecular weight excluding hydrogens is 318 g/mol. The van der Waals surface area contributed by atoms with Gasteiger partial charge in [0.2, 0.25) is 0 Å². The second kappa shape index (κ2) is 9.39. The van der Waals surface area contributed by atoms with Crippen LogP contribution in [-0.4, -0.2) is 26.9 Å². The van der Waals surface area contributed by atoms with Crippen molar-refractivity contribution in [1.82, 2.24) is 5.32 Å². The predicted octanol–water partition coefficient (Wildman–Crippen LogP) is 3.32. The zero-order valence-electron chi connectivity index (χ0n) is 10.3. The molecule has 0 amide bonds. The van der Waals surface area contributed by atoms with E-state index in [1.165, 1.54) is 5.54 Å². The first-order valence-corrected chi connectivity index (χ1v) is 6.87. The second-order valence-electron chi connectivity index (χ2n) is 3.60. The molecule has 1 rings (SSSR count). The number of ether oxygens (including phenoxy) is 2. The van der Waals surface area contributed by atoms with E-state index < -0.39 is 0 Å². The number of halogens is 2. The van der Waals surface area contributed by atoms with Crippen LogP contribution in [-0.2, 0) is 11.3 Å². The van der Waals surface area contributed by atoms with E-state index in [2.05, 4.69) is 21.2 Å². The SMILES string of the molecule is COCCNCc1cc(OC/C=C/Cl)ccc1Br. The third kappa shape index (κ3) is 5.87. The molecule has 5 heteroatoms. The van der Waals surface area contributed by atoms with Crippen LogP contribution in [0.1, 0.15) is 5.56 Å². The first kappa shape index (κ1) is 15.5. The van der Waals surface area contributed by atoms with E-state index in [4.69, 9.17) is 21.1 Å². The van der Waals surface area contributed by atoms with Crippen LogP contribution < -0.4 is 10.1 Å². The van der Waals surface area contributed by atoms with E-state index in [-0.39, 0.29) is 0 Å². The Bertz CT molecular complexity index is 385. The summed E-state index contributed by atoms with van der Waals surface area (Å²) in [6.07, 6.45) is 1.75. The van der Waals surface area contributed by atoms with Crippen molar-refractivity contribution in [3.63, 3.8) is 0 Å². The first-order valence-electron chi connectivity index (χ1n) is 5.64. The second-order valence-corrected chi connectivity index (χ2v) is 4.70. The zero-order valence-corrected chi connectivity index (χ0v) is 12.6. The summed E-state index contributed by atoms with van der Waals surface area (Å²) in [5.74, 6) is 0.830. The van der Waals surface area contributed by atoms with Crippen molar-refractivity contribution < 1.29 is 9.47 Å². The fraction of sp³-hybridized carbons (Fsp3) is 0.385. The molecule has 0 aromatic heterocycles. The number of hydrogen-bond acceptors (Lipinski definition) is 3. The van der Waals surface area contributed by atoms with Crippen LogP contribution in [0.2, 0.25) is 0 Å². The summed E-state index contributed by atoms with van der Waals surface area (Å²) in [6.45, 7) is 2.77. The molecule has 18 heavy (non-hydrogen) atoms. The van der Waals surface area contributed by atoms with Crippen molar-refractivity contribution in [2.45, 2.75) is 6.54 Å². The van der Waals surface area contributed by atoms with Crippen molar-refractivity contribution >= 4 is 27.5 Å². The van der Waals surface area contributed by atoms with Gasteiger partial charge in [0.25, 0.3) is 0 Å². The summed E-state index contributed by atoms with van der Waals surface area (Å²) in [7, 11) is 1.69. The van der Waals surface area contributed by atoms with Crippen LogP contribution in [0.3, 0.4) is 0 Å². The number of hydrogen-bond donors (Lipinski definition) is 1. The van der Waals surface area contributed by atoms with E-state index in [0.29, 0.717) is 13.2 Å². The van der Waals surface area contributed by atoms with Gasteiger partial charge in [-0.3, -0.25) is 0 Å². The Labute approximate surface area is 121 Å².